The predicted molar refractivity (Wildman–Crippen MR) is 114 cm³/mol. The molecule has 1 aliphatic rings. The fourth-order valence-corrected chi connectivity index (χ4v) is 3.26. The molecule has 1 fully saturated rings. The zero-order valence-corrected chi connectivity index (χ0v) is 16.3. The second-order valence-corrected chi connectivity index (χ2v) is 6.98. The summed E-state index contributed by atoms with van der Waals surface area (Å²) >= 11 is 0. The normalized spacial score (nSPS) is 13.9. The van der Waals surface area contributed by atoms with Crippen molar-refractivity contribution in [3.63, 3.8) is 0 Å². The van der Waals surface area contributed by atoms with Crippen LogP contribution < -0.4 is 15.1 Å². The maximum Gasteiger partial charge on any atom is 0.244 e. The Kier molecular flexibility index (Phi) is 6.84. The van der Waals surface area contributed by atoms with Crippen LogP contribution in [0.15, 0.2) is 60.7 Å². The van der Waals surface area contributed by atoms with E-state index in [2.05, 4.69) is 29.4 Å². The van der Waals surface area contributed by atoms with Gasteiger partial charge in [-0.15, -0.1) is 0 Å². The van der Waals surface area contributed by atoms with E-state index in [1.165, 1.54) is 5.69 Å². The van der Waals surface area contributed by atoms with Crippen molar-refractivity contribution in [3.05, 3.63) is 66.2 Å². The molecule has 2 aromatic rings. The molecule has 0 aliphatic carbocycles. The molecule has 1 N–H and O–H groups in total. The van der Waals surface area contributed by atoms with Crippen molar-refractivity contribution in [2.75, 3.05) is 36.5 Å². The molecule has 2 amide bonds. The first-order valence-corrected chi connectivity index (χ1v) is 9.76. The third-order valence-electron chi connectivity index (χ3n) is 4.87. The van der Waals surface area contributed by atoms with Crippen LogP contribution in [0.3, 0.4) is 0 Å². The summed E-state index contributed by atoms with van der Waals surface area (Å²) in [5, 5.41) is 2.92. The minimum atomic E-state index is -0.0961. The fraction of sp³-hybridized carbons (Fsp3) is 0.304. The van der Waals surface area contributed by atoms with E-state index in [1.54, 1.807) is 12.2 Å². The van der Waals surface area contributed by atoms with E-state index in [0.29, 0.717) is 13.0 Å². The van der Waals surface area contributed by atoms with Gasteiger partial charge in [0.1, 0.15) is 0 Å². The zero-order chi connectivity index (χ0) is 19.8. The molecular weight excluding hydrogens is 350 g/mol. The molecule has 5 nitrogen and oxygen atoms in total. The second-order valence-electron chi connectivity index (χ2n) is 6.98. The Balaban J connectivity index is 1.39. The fourth-order valence-electron chi connectivity index (χ4n) is 3.26. The Morgan fingerprint density at radius 3 is 2.57 bits per heavy atom. The quantitative estimate of drug-likeness (QED) is 0.566. The van der Waals surface area contributed by atoms with Crippen molar-refractivity contribution in [1.82, 2.24) is 5.32 Å². The lowest BCUT2D eigenvalue weighted by Crippen LogP contribution is -2.26. The van der Waals surface area contributed by atoms with Crippen LogP contribution in [0.5, 0.6) is 0 Å². The molecule has 0 bridgehead atoms. The maximum absolute atomic E-state index is 12.0. The molecule has 0 radical (unpaired) electrons. The van der Waals surface area contributed by atoms with E-state index in [1.807, 2.05) is 47.4 Å². The molecule has 3 rings (SSSR count). The monoisotopic (exact) mass is 377 g/mol. The number of rotatable bonds is 8. The first-order chi connectivity index (χ1) is 13.6. The Bertz CT molecular complexity index is 816. The molecule has 0 unspecified atom stereocenters. The highest BCUT2D eigenvalue weighted by Gasteiger charge is 2.21. The Morgan fingerprint density at radius 1 is 1.14 bits per heavy atom. The Labute approximate surface area is 166 Å². The Morgan fingerprint density at radius 2 is 1.89 bits per heavy atom. The molecule has 0 atom stereocenters. The lowest BCUT2D eigenvalue weighted by molar-refractivity contribution is -0.117. The summed E-state index contributed by atoms with van der Waals surface area (Å²) in [5.74, 6) is 0.0849. The van der Waals surface area contributed by atoms with Gasteiger partial charge >= 0.3 is 0 Å². The van der Waals surface area contributed by atoms with Crippen LogP contribution in [0.4, 0.5) is 11.4 Å². The standard InChI is InChI=1S/C23H27N3O2/c1-25(20-7-3-2-4-8-20)17-6-16-24-22(27)15-12-19-10-13-21(14-11-19)26-18-5-9-23(26)28/h2-4,7-8,10-15H,5-6,9,16-18H2,1H3,(H,24,27). The number of hydrogen-bond donors (Lipinski definition) is 1. The minimum absolute atomic E-state index is 0.0961. The van der Waals surface area contributed by atoms with Gasteiger partial charge in [0.15, 0.2) is 0 Å². The van der Waals surface area contributed by atoms with E-state index < -0.39 is 0 Å². The molecule has 2 aromatic carbocycles. The number of para-hydroxylation sites is 1. The van der Waals surface area contributed by atoms with Gasteiger partial charge < -0.3 is 15.1 Å². The topological polar surface area (TPSA) is 52.7 Å². The van der Waals surface area contributed by atoms with Crippen LogP contribution in [-0.4, -0.2) is 38.5 Å². The largest absolute Gasteiger partial charge is 0.375 e. The summed E-state index contributed by atoms with van der Waals surface area (Å²) in [6, 6.07) is 17.9. The molecule has 1 saturated heterocycles. The van der Waals surface area contributed by atoms with E-state index >= 15 is 0 Å². The summed E-state index contributed by atoms with van der Waals surface area (Å²) in [6.07, 6.45) is 5.77. The zero-order valence-electron chi connectivity index (χ0n) is 16.3. The smallest absolute Gasteiger partial charge is 0.244 e. The molecule has 0 aromatic heterocycles. The highest BCUT2D eigenvalue weighted by atomic mass is 16.2. The average molecular weight is 377 g/mol. The molecule has 0 spiro atoms. The summed E-state index contributed by atoms with van der Waals surface area (Å²) in [5.41, 5.74) is 3.04. The number of carbonyl (C=O) groups excluding carboxylic acids is 2. The lowest BCUT2D eigenvalue weighted by atomic mass is 10.2. The first kappa shape index (κ1) is 19.7. The highest BCUT2D eigenvalue weighted by molar-refractivity contribution is 5.95. The summed E-state index contributed by atoms with van der Waals surface area (Å²) in [4.78, 5) is 27.8. The van der Waals surface area contributed by atoms with Gasteiger partial charge in [0.05, 0.1) is 0 Å². The van der Waals surface area contributed by atoms with Gasteiger partial charge in [-0.3, -0.25) is 9.59 Å². The van der Waals surface area contributed by atoms with Gasteiger partial charge in [0, 0.05) is 50.6 Å². The van der Waals surface area contributed by atoms with Crippen LogP contribution in [0.25, 0.3) is 6.08 Å². The number of nitrogens with zero attached hydrogens (tertiary/aromatic N) is 2. The van der Waals surface area contributed by atoms with Crippen molar-refractivity contribution in [3.8, 4) is 0 Å². The second kappa shape index (κ2) is 9.74. The van der Waals surface area contributed by atoms with Gasteiger partial charge in [-0.05, 0) is 48.7 Å². The molecule has 0 saturated carbocycles. The van der Waals surface area contributed by atoms with Crippen LogP contribution in [0.2, 0.25) is 0 Å². The number of anilines is 2. The van der Waals surface area contributed by atoms with Gasteiger partial charge in [-0.25, -0.2) is 0 Å². The van der Waals surface area contributed by atoms with E-state index in [4.69, 9.17) is 0 Å². The SMILES string of the molecule is CN(CCCNC(=O)C=Cc1ccc(N2CCCC2=O)cc1)c1ccccc1. The summed E-state index contributed by atoms with van der Waals surface area (Å²) in [6.45, 7) is 2.30. The third kappa shape index (κ3) is 5.46. The van der Waals surface area contributed by atoms with Crippen molar-refractivity contribution >= 4 is 29.3 Å². The van der Waals surface area contributed by atoms with Gasteiger partial charge in [0.2, 0.25) is 11.8 Å². The third-order valence-corrected chi connectivity index (χ3v) is 4.87. The highest BCUT2D eigenvalue weighted by Crippen LogP contribution is 2.21. The minimum Gasteiger partial charge on any atom is -0.375 e. The molecular formula is C23H27N3O2. The van der Waals surface area contributed by atoms with Crippen molar-refractivity contribution in [2.24, 2.45) is 0 Å². The number of nitrogens with one attached hydrogen (secondary N) is 1. The number of carbonyl (C=O) groups is 2. The van der Waals surface area contributed by atoms with Gasteiger partial charge in [0.25, 0.3) is 0 Å². The van der Waals surface area contributed by atoms with Crippen LogP contribution >= 0.6 is 0 Å². The van der Waals surface area contributed by atoms with Crippen LogP contribution in [0.1, 0.15) is 24.8 Å². The van der Waals surface area contributed by atoms with Crippen molar-refractivity contribution < 1.29 is 9.59 Å². The molecule has 146 valence electrons. The number of amides is 2. The maximum atomic E-state index is 12.0. The molecule has 28 heavy (non-hydrogen) atoms. The number of benzene rings is 2. The number of hydrogen-bond acceptors (Lipinski definition) is 3. The molecule has 5 heteroatoms. The van der Waals surface area contributed by atoms with E-state index in [-0.39, 0.29) is 11.8 Å². The van der Waals surface area contributed by atoms with Crippen LogP contribution in [0, 0.1) is 0 Å². The lowest BCUT2D eigenvalue weighted by Gasteiger charge is -2.19. The summed E-state index contributed by atoms with van der Waals surface area (Å²) in [7, 11) is 2.05. The Hall–Kier alpha value is -3.08. The average Bonchev–Trinajstić information content (AvgIpc) is 3.16. The first-order valence-electron chi connectivity index (χ1n) is 9.76. The van der Waals surface area contributed by atoms with Crippen molar-refractivity contribution in [2.45, 2.75) is 19.3 Å². The van der Waals surface area contributed by atoms with Crippen molar-refractivity contribution in [1.29, 1.82) is 0 Å². The molecule has 1 heterocycles. The predicted octanol–water partition coefficient (Wildman–Crippen LogP) is 3.47. The van der Waals surface area contributed by atoms with Gasteiger partial charge in [-0.1, -0.05) is 30.3 Å². The molecule has 1 aliphatic heterocycles. The summed E-state index contributed by atoms with van der Waals surface area (Å²) < 4.78 is 0. The van der Waals surface area contributed by atoms with Crippen LogP contribution in [-0.2, 0) is 9.59 Å². The van der Waals surface area contributed by atoms with E-state index in [9.17, 15) is 9.59 Å². The van der Waals surface area contributed by atoms with Gasteiger partial charge in [-0.2, -0.15) is 0 Å². The van der Waals surface area contributed by atoms with E-state index in [0.717, 1.165) is 37.2 Å².